The Balaban J connectivity index is 2.07. The van der Waals surface area contributed by atoms with Gasteiger partial charge in [-0.15, -0.1) is 0 Å². The van der Waals surface area contributed by atoms with Crippen LogP contribution < -0.4 is 10.1 Å². The van der Waals surface area contributed by atoms with Gasteiger partial charge in [0.15, 0.2) is 0 Å². The molecular formula is C15H23NO2S. The fourth-order valence-corrected chi connectivity index (χ4v) is 3.42. The molecule has 1 aromatic rings. The van der Waals surface area contributed by atoms with Gasteiger partial charge in [-0.3, -0.25) is 4.21 Å². The summed E-state index contributed by atoms with van der Waals surface area (Å²) in [6.07, 6.45) is 3.79. The second kappa shape index (κ2) is 6.53. The monoisotopic (exact) mass is 281 g/mol. The summed E-state index contributed by atoms with van der Waals surface area (Å²) in [6, 6.07) is 7.05. The highest BCUT2D eigenvalue weighted by Crippen LogP contribution is 2.29. The number of ether oxygens (including phenoxy) is 1. The van der Waals surface area contributed by atoms with Crippen LogP contribution in [0.2, 0.25) is 0 Å². The first-order valence-corrected chi connectivity index (χ1v) is 8.64. The summed E-state index contributed by atoms with van der Waals surface area (Å²) in [7, 11) is -0.753. The molecule has 0 aliphatic carbocycles. The van der Waals surface area contributed by atoms with Crippen molar-refractivity contribution in [1.29, 1.82) is 0 Å². The smallest absolute Gasteiger partial charge is 0.122 e. The van der Waals surface area contributed by atoms with Crippen LogP contribution in [0.4, 0.5) is 0 Å². The first kappa shape index (κ1) is 14.5. The van der Waals surface area contributed by atoms with E-state index in [-0.39, 0.29) is 6.04 Å². The number of nitrogens with one attached hydrogen (secondary N) is 1. The minimum Gasteiger partial charge on any atom is -0.493 e. The van der Waals surface area contributed by atoms with E-state index in [9.17, 15) is 4.21 Å². The van der Waals surface area contributed by atoms with Gasteiger partial charge in [-0.25, -0.2) is 0 Å². The maximum Gasteiger partial charge on any atom is 0.122 e. The Morgan fingerprint density at radius 1 is 1.47 bits per heavy atom. The zero-order chi connectivity index (χ0) is 13.8. The molecule has 1 aliphatic rings. The maximum absolute atomic E-state index is 11.3. The predicted octanol–water partition coefficient (Wildman–Crippen LogP) is 2.43. The van der Waals surface area contributed by atoms with E-state index >= 15 is 0 Å². The highest BCUT2D eigenvalue weighted by molar-refractivity contribution is 7.84. The zero-order valence-electron chi connectivity index (χ0n) is 11.9. The molecule has 0 saturated heterocycles. The second-order valence-corrected chi connectivity index (χ2v) is 6.71. The number of fused-ring (bicyclic) bond motifs is 1. The van der Waals surface area contributed by atoms with Gasteiger partial charge in [-0.2, -0.15) is 0 Å². The van der Waals surface area contributed by atoms with E-state index in [1.165, 1.54) is 11.1 Å². The number of benzene rings is 1. The highest BCUT2D eigenvalue weighted by atomic mass is 32.2. The SMILES string of the molecule is CCC(NC(C)CS(C)=O)c1ccc2c(c1)CCO2. The molecule has 3 atom stereocenters. The summed E-state index contributed by atoms with van der Waals surface area (Å²) < 4.78 is 16.8. The van der Waals surface area contributed by atoms with Crippen molar-refractivity contribution in [2.24, 2.45) is 0 Å². The maximum atomic E-state index is 11.3. The number of hydrogen-bond donors (Lipinski definition) is 1. The standard InChI is InChI=1S/C15H23NO2S/c1-4-14(16-11(2)10-19(3)17)12-5-6-15-13(9-12)7-8-18-15/h5-6,9,11,14,16H,4,7-8,10H2,1-3H3. The predicted molar refractivity (Wildman–Crippen MR) is 80.2 cm³/mol. The highest BCUT2D eigenvalue weighted by Gasteiger charge is 2.17. The molecule has 1 aromatic carbocycles. The normalized spacial score (nSPS) is 18.5. The first-order valence-electron chi connectivity index (χ1n) is 6.91. The van der Waals surface area contributed by atoms with Gasteiger partial charge in [0.25, 0.3) is 0 Å². The van der Waals surface area contributed by atoms with Crippen LogP contribution in [0, 0.1) is 0 Å². The molecule has 0 bridgehead atoms. The van der Waals surface area contributed by atoms with Crippen LogP contribution in [0.1, 0.15) is 37.4 Å². The van der Waals surface area contributed by atoms with E-state index in [0.717, 1.165) is 25.2 Å². The molecule has 0 saturated carbocycles. The van der Waals surface area contributed by atoms with E-state index in [1.807, 2.05) is 0 Å². The van der Waals surface area contributed by atoms with Crippen molar-refractivity contribution in [2.45, 2.75) is 38.8 Å². The molecule has 1 N–H and O–H groups in total. The number of rotatable bonds is 6. The van der Waals surface area contributed by atoms with Crippen LogP contribution in [0.15, 0.2) is 18.2 Å². The van der Waals surface area contributed by atoms with Crippen LogP contribution in [0.5, 0.6) is 5.75 Å². The van der Waals surface area contributed by atoms with Crippen molar-refractivity contribution in [3.63, 3.8) is 0 Å². The van der Waals surface area contributed by atoms with Gasteiger partial charge in [0.2, 0.25) is 0 Å². The fraction of sp³-hybridized carbons (Fsp3) is 0.600. The van der Waals surface area contributed by atoms with Crippen molar-refractivity contribution in [3.05, 3.63) is 29.3 Å². The van der Waals surface area contributed by atoms with Crippen LogP contribution in [0.25, 0.3) is 0 Å². The van der Waals surface area contributed by atoms with Gasteiger partial charge < -0.3 is 10.1 Å². The van der Waals surface area contributed by atoms with E-state index in [0.29, 0.717) is 11.8 Å². The van der Waals surface area contributed by atoms with Crippen LogP contribution in [0.3, 0.4) is 0 Å². The largest absolute Gasteiger partial charge is 0.493 e. The van der Waals surface area contributed by atoms with Crippen LogP contribution in [-0.2, 0) is 17.2 Å². The lowest BCUT2D eigenvalue weighted by atomic mass is 10.00. The van der Waals surface area contributed by atoms with E-state index in [2.05, 4.69) is 37.4 Å². The van der Waals surface area contributed by atoms with Crippen molar-refractivity contribution < 1.29 is 8.95 Å². The Kier molecular flexibility index (Phi) is 4.99. The first-order chi connectivity index (χ1) is 9.10. The summed E-state index contributed by atoms with van der Waals surface area (Å²) >= 11 is 0. The summed E-state index contributed by atoms with van der Waals surface area (Å²) in [5, 5.41) is 3.57. The summed E-state index contributed by atoms with van der Waals surface area (Å²) in [4.78, 5) is 0. The van der Waals surface area contributed by atoms with Crippen LogP contribution in [-0.4, -0.2) is 28.9 Å². The Hall–Kier alpha value is -0.870. The Labute approximate surface area is 118 Å². The van der Waals surface area contributed by atoms with Crippen molar-refractivity contribution >= 4 is 10.8 Å². The molecule has 3 unspecified atom stereocenters. The van der Waals surface area contributed by atoms with Gasteiger partial charge in [-0.1, -0.05) is 19.1 Å². The lowest BCUT2D eigenvalue weighted by Crippen LogP contribution is -2.34. The number of hydrogen-bond acceptors (Lipinski definition) is 3. The third-order valence-electron chi connectivity index (χ3n) is 3.49. The molecule has 0 amide bonds. The van der Waals surface area contributed by atoms with Crippen molar-refractivity contribution in [1.82, 2.24) is 5.32 Å². The van der Waals surface area contributed by atoms with Crippen molar-refractivity contribution in [3.8, 4) is 5.75 Å². The van der Waals surface area contributed by atoms with Crippen LogP contribution >= 0.6 is 0 Å². The summed E-state index contributed by atoms with van der Waals surface area (Å²) in [5.74, 6) is 1.73. The summed E-state index contributed by atoms with van der Waals surface area (Å²) in [6.45, 7) is 5.08. The van der Waals surface area contributed by atoms with Gasteiger partial charge in [0, 0.05) is 41.3 Å². The minimum atomic E-state index is -0.753. The fourth-order valence-electron chi connectivity index (χ4n) is 2.62. The molecule has 3 nitrogen and oxygen atoms in total. The molecule has 0 aromatic heterocycles. The van der Waals surface area contributed by atoms with E-state index < -0.39 is 10.8 Å². The lowest BCUT2D eigenvalue weighted by molar-refractivity contribution is 0.356. The van der Waals surface area contributed by atoms with E-state index in [4.69, 9.17) is 4.74 Å². The molecule has 19 heavy (non-hydrogen) atoms. The summed E-state index contributed by atoms with van der Waals surface area (Å²) in [5.41, 5.74) is 2.62. The average molecular weight is 281 g/mol. The third kappa shape index (κ3) is 3.80. The topological polar surface area (TPSA) is 38.3 Å². The molecule has 0 spiro atoms. The second-order valence-electron chi connectivity index (χ2n) is 5.23. The Bertz CT molecular complexity index is 461. The van der Waals surface area contributed by atoms with Gasteiger partial charge in [0.05, 0.1) is 6.61 Å². The molecule has 1 aliphatic heterocycles. The Morgan fingerprint density at radius 2 is 2.26 bits per heavy atom. The molecule has 1 heterocycles. The Morgan fingerprint density at radius 3 is 2.95 bits per heavy atom. The van der Waals surface area contributed by atoms with E-state index in [1.54, 1.807) is 6.26 Å². The third-order valence-corrected chi connectivity index (χ3v) is 4.46. The van der Waals surface area contributed by atoms with Crippen molar-refractivity contribution in [2.75, 3.05) is 18.6 Å². The zero-order valence-corrected chi connectivity index (χ0v) is 12.8. The average Bonchev–Trinajstić information content (AvgIpc) is 2.82. The molecule has 4 heteroatoms. The minimum absolute atomic E-state index is 0.264. The van der Waals surface area contributed by atoms with Gasteiger partial charge in [0.1, 0.15) is 5.75 Å². The lowest BCUT2D eigenvalue weighted by Gasteiger charge is -2.22. The van der Waals surface area contributed by atoms with Gasteiger partial charge >= 0.3 is 0 Å². The molecule has 0 fully saturated rings. The van der Waals surface area contributed by atoms with Gasteiger partial charge in [-0.05, 0) is 30.5 Å². The quantitative estimate of drug-likeness (QED) is 0.870. The molecule has 106 valence electrons. The molecular weight excluding hydrogens is 258 g/mol. The molecule has 0 radical (unpaired) electrons. The molecule has 2 rings (SSSR count).